The van der Waals surface area contributed by atoms with Gasteiger partial charge in [-0.1, -0.05) is 60.7 Å². The molecule has 0 unspecified atom stereocenters. The van der Waals surface area contributed by atoms with Crippen LogP contribution >= 0.6 is 12.4 Å². The minimum absolute atomic E-state index is 0. The first-order valence-corrected chi connectivity index (χ1v) is 10.3. The second kappa shape index (κ2) is 22.9. The molecule has 0 saturated heterocycles. The van der Waals surface area contributed by atoms with E-state index in [4.69, 9.17) is 10.5 Å². The molecule has 0 radical (unpaired) electrons. The molecule has 0 atom stereocenters. The lowest BCUT2D eigenvalue weighted by molar-refractivity contribution is -0.143. The van der Waals surface area contributed by atoms with Crippen molar-refractivity contribution in [1.29, 1.82) is 0 Å². The molecule has 2 aromatic carbocycles. The van der Waals surface area contributed by atoms with Crippen LogP contribution in [0.25, 0.3) is 0 Å². The van der Waals surface area contributed by atoms with Crippen LogP contribution in [0.3, 0.4) is 0 Å². The van der Waals surface area contributed by atoms with E-state index >= 15 is 0 Å². The number of benzene rings is 2. The fraction of sp³-hybridized carbons (Fsp3) is 0.375. The smallest absolute Gasteiger partial charge is 0.307 e. The van der Waals surface area contributed by atoms with Crippen LogP contribution in [0.1, 0.15) is 42.6 Å². The molecule has 0 aliphatic carbocycles. The van der Waals surface area contributed by atoms with Crippen LogP contribution in [0.15, 0.2) is 60.7 Å². The molecule has 0 aliphatic rings. The summed E-state index contributed by atoms with van der Waals surface area (Å²) in [5.41, 5.74) is 7.01. The lowest BCUT2D eigenvalue weighted by atomic mass is 10.2. The second-order valence-electron chi connectivity index (χ2n) is 6.09. The first-order chi connectivity index (χ1) is 15.1. The third-order valence-corrected chi connectivity index (χ3v) is 3.57. The van der Waals surface area contributed by atoms with Crippen LogP contribution in [-0.2, 0) is 25.6 Å². The van der Waals surface area contributed by atoms with E-state index in [2.05, 4.69) is 22.2 Å². The Hall–Kier alpha value is -2.74. The van der Waals surface area contributed by atoms with Gasteiger partial charge in [-0.05, 0) is 19.4 Å². The van der Waals surface area contributed by atoms with Crippen LogP contribution in [0.2, 0.25) is 0 Å². The summed E-state index contributed by atoms with van der Waals surface area (Å²) in [5.74, 6) is -0.354. The quantitative estimate of drug-likeness (QED) is 0.313. The van der Waals surface area contributed by atoms with Crippen molar-refractivity contribution in [2.45, 2.75) is 33.2 Å². The van der Waals surface area contributed by atoms with Crippen LogP contribution in [0, 0.1) is 0 Å². The fourth-order valence-electron chi connectivity index (χ4n) is 2.13. The number of halogens is 1. The molecule has 2 rings (SSSR count). The van der Waals surface area contributed by atoms with E-state index in [0.29, 0.717) is 39.1 Å². The van der Waals surface area contributed by atoms with Gasteiger partial charge in [-0.3, -0.25) is 14.4 Å². The Morgan fingerprint density at radius 2 is 1.38 bits per heavy atom. The van der Waals surface area contributed by atoms with Crippen molar-refractivity contribution in [3.63, 3.8) is 0 Å². The number of hydrogen-bond acceptors (Lipinski definition) is 7. The van der Waals surface area contributed by atoms with Gasteiger partial charge >= 0.3 is 11.9 Å². The summed E-state index contributed by atoms with van der Waals surface area (Å²) in [6.07, 6.45) is 1.59. The van der Waals surface area contributed by atoms with E-state index in [1.54, 1.807) is 19.1 Å². The van der Waals surface area contributed by atoms with Gasteiger partial charge in [0, 0.05) is 25.2 Å². The van der Waals surface area contributed by atoms with Crippen LogP contribution in [0.5, 0.6) is 0 Å². The van der Waals surface area contributed by atoms with E-state index in [1.165, 1.54) is 5.56 Å². The maximum Gasteiger partial charge on any atom is 0.307 e. The zero-order valence-electron chi connectivity index (χ0n) is 18.8. The summed E-state index contributed by atoms with van der Waals surface area (Å²) >= 11 is 0. The van der Waals surface area contributed by atoms with Gasteiger partial charge in [0.1, 0.15) is 6.29 Å². The summed E-state index contributed by atoms with van der Waals surface area (Å²) in [6.45, 7) is 6.31. The lowest BCUT2D eigenvalue weighted by Crippen LogP contribution is -2.18. The lowest BCUT2D eigenvalue weighted by Gasteiger charge is -2.04. The Morgan fingerprint density at radius 1 is 0.875 bits per heavy atom. The number of aldehydes is 1. The molecule has 0 saturated carbocycles. The summed E-state index contributed by atoms with van der Waals surface area (Å²) in [4.78, 5) is 31.3. The fourth-order valence-corrected chi connectivity index (χ4v) is 2.13. The van der Waals surface area contributed by atoms with E-state index in [1.807, 2.05) is 43.3 Å². The highest BCUT2D eigenvalue weighted by Crippen LogP contribution is 1.97. The molecule has 7 nitrogen and oxygen atoms in total. The van der Waals surface area contributed by atoms with Crippen molar-refractivity contribution in [2.24, 2.45) is 5.73 Å². The number of ether oxygens (including phenoxy) is 2. The number of hydrogen-bond donors (Lipinski definition) is 2. The average molecular weight is 467 g/mol. The van der Waals surface area contributed by atoms with E-state index < -0.39 is 0 Å². The van der Waals surface area contributed by atoms with Gasteiger partial charge < -0.3 is 20.5 Å². The molecule has 0 heterocycles. The van der Waals surface area contributed by atoms with Gasteiger partial charge in [0.15, 0.2) is 0 Å². The second-order valence-corrected chi connectivity index (χ2v) is 6.09. The maximum absolute atomic E-state index is 11.0. The van der Waals surface area contributed by atoms with Crippen molar-refractivity contribution < 1.29 is 23.9 Å². The topological polar surface area (TPSA) is 108 Å². The van der Waals surface area contributed by atoms with Gasteiger partial charge in [-0.2, -0.15) is 0 Å². The van der Waals surface area contributed by atoms with E-state index in [9.17, 15) is 14.4 Å². The predicted molar refractivity (Wildman–Crippen MR) is 129 cm³/mol. The Kier molecular flexibility index (Phi) is 22.5. The molecule has 8 heteroatoms. The highest BCUT2D eigenvalue weighted by atomic mass is 35.5. The Balaban J connectivity index is 0. The molecule has 178 valence electrons. The zero-order valence-corrected chi connectivity index (χ0v) is 19.6. The SMILES string of the molecule is CCOC(=O)CCN.CCOC(=O)CCNCc1ccccc1.Cl.O=Cc1ccccc1. The van der Waals surface area contributed by atoms with Gasteiger partial charge in [0.05, 0.1) is 26.1 Å². The van der Waals surface area contributed by atoms with Crippen LogP contribution < -0.4 is 11.1 Å². The summed E-state index contributed by atoms with van der Waals surface area (Å²) in [6, 6.07) is 19.2. The van der Waals surface area contributed by atoms with Gasteiger partial charge in [0.2, 0.25) is 0 Å². The Bertz CT molecular complexity index is 707. The van der Waals surface area contributed by atoms with Crippen molar-refractivity contribution in [3.8, 4) is 0 Å². The maximum atomic E-state index is 11.0. The van der Waals surface area contributed by atoms with E-state index in [-0.39, 0.29) is 24.3 Å². The van der Waals surface area contributed by atoms with Crippen molar-refractivity contribution >= 4 is 30.6 Å². The third kappa shape index (κ3) is 19.2. The van der Waals surface area contributed by atoms with Crippen LogP contribution in [-0.4, -0.2) is 44.5 Å². The summed E-state index contributed by atoms with van der Waals surface area (Å²) < 4.78 is 9.38. The number of nitrogens with two attached hydrogens (primary N) is 1. The zero-order chi connectivity index (χ0) is 23.2. The molecule has 3 N–H and O–H groups in total. The normalized spacial score (nSPS) is 8.97. The first kappa shape index (κ1) is 31.4. The van der Waals surface area contributed by atoms with E-state index in [0.717, 1.165) is 18.4 Å². The number of nitrogens with one attached hydrogen (secondary N) is 1. The van der Waals surface area contributed by atoms with Gasteiger partial charge in [0.25, 0.3) is 0 Å². The summed E-state index contributed by atoms with van der Waals surface area (Å²) in [5, 5.41) is 3.19. The van der Waals surface area contributed by atoms with Crippen molar-refractivity contribution in [1.82, 2.24) is 5.32 Å². The minimum atomic E-state index is -0.213. The highest BCUT2D eigenvalue weighted by molar-refractivity contribution is 5.85. The van der Waals surface area contributed by atoms with Gasteiger partial charge in [-0.25, -0.2) is 0 Å². The molecule has 32 heavy (non-hydrogen) atoms. The number of rotatable bonds is 10. The number of esters is 2. The molecular weight excluding hydrogens is 432 g/mol. The van der Waals surface area contributed by atoms with Crippen LogP contribution in [0.4, 0.5) is 0 Å². The standard InChI is InChI=1S/C12H17NO2.C7H6O.C5H11NO2.ClH/c1-2-15-12(14)8-9-13-10-11-6-4-3-5-7-11;8-6-7-4-2-1-3-5-7;1-2-8-5(7)3-4-6;/h3-7,13H,2,8-10H2,1H3;1-6H;2-4,6H2,1H3;1H. The Morgan fingerprint density at radius 3 is 1.81 bits per heavy atom. The third-order valence-electron chi connectivity index (χ3n) is 3.57. The number of carbonyl (C=O) groups is 3. The molecule has 0 aliphatic heterocycles. The minimum Gasteiger partial charge on any atom is -0.466 e. The molecule has 0 amide bonds. The molecule has 0 spiro atoms. The summed E-state index contributed by atoms with van der Waals surface area (Å²) in [7, 11) is 0. The number of carbonyl (C=O) groups excluding carboxylic acids is 3. The van der Waals surface area contributed by atoms with Gasteiger partial charge in [-0.15, -0.1) is 12.4 Å². The highest BCUT2D eigenvalue weighted by Gasteiger charge is 2.00. The average Bonchev–Trinajstić information content (AvgIpc) is 2.79. The van der Waals surface area contributed by atoms with Crippen molar-refractivity contribution in [2.75, 3.05) is 26.3 Å². The Labute approximate surface area is 197 Å². The molecular formula is C24H35ClN2O5. The molecule has 0 aromatic heterocycles. The first-order valence-electron chi connectivity index (χ1n) is 10.3. The van der Waals surface area contributed by atoms with Crippen molar-refractivity contribution in [3.05, 3.63) is 71.8 Å². The molecule has 0 bridgehead atoms. The molecule has 0 fully saturated rings. The predicted octanol–water partition coefficient (Wildman–Crippen LogP) is 3.55. The molecule has 2 aromatic rings. The monoisotopic (exact) mass is 466 g/mol. The largest absolute Gasteiger partial charge is 0.466 e.